The monoisotopic (exact) mass is 416 g/mol. The molecular formula is C19H20N4O5S. The number of amides is 1. The van der Waals surface area contributed by atoms with Crippen LogP contribution in [0.15, 0.2) is 57.9 Å². The fourth-order valence-corrected chi connectivity index (χ4v) is 3.42. The number of aromatic nitrogens is 2. The molecule has 0 aliphatic heterocycles. The summed E-state index contributed by atoms with van der Waals surface area (Å²) in [6.45, 7) is 0.000456. The summed E-state index contributed by atoms with van der Waals surface area (Å²) in [5.41, 5.74) is 0.924. The van der Waals surface area contributed by atoms with Crippen molar-refractivity contribution in [1.29, 1.82) is 0 Å². The van der Waals surface area contributed by atoms with Crippen molar-refractivity contribution in [3.05, 3.63) is 60.0 Å². The summed E-state index contributed by atoms with van der Waals surface area (Å²) in [6.07, 6.45) is 0. The molecular weight excluding hydrogens is 396 g/mol. The Hall–Kier alpha value is -3.24. The van der Waals surface area contributed by atoms with Gasteiger partial charge in [0.25, 0.3) is 5.91 Å². The average Bonchev–Trinajstić information content (AvgIpc) is 3.21. The zero-order valence-electron chi connectivity index (χ0n) is 16.1. The van der Waals surface area contributed by atoms with E-state index in [2.05, 4.69) is 15.5 Å². The predicted molar refractivity (Wildman–Crippen MR) is 105 cm³/mol. The highest BCUT2D eigenvalue weighted by Crippen LogP contribution is 2.21. The third kappa shape index (κ3) is 4.61. The molecule has 1 N–H and O–H groups in total. The van der Waals surface area contributed by atoms with E-state index in [9.17, 15) is 13.2 Å². The molecule has 0 bridgehead atoms. The van der Waals surface area contributed by atoms with Crippen LogP contribution in [0.4, 0.5) is 0 Å². The van der Waals surface area contributed by atoms with Crippen molar-refractivity contribution >= 4 is 15.9 Å². The molecule has 0 spiro atoms. The van der Waals surface area contributed by atoms with E-state index in [4.69, 9.17) is 9.26 Å². The summed E-state index contributed by atoms with van der Waals surface area (Å²) in [5.74, 6) is 0.789. The molecule has 9 nitrogen and oxygen atoms in total. The molecule has 0 aliphatic carbocycles. The molecule has 1 heterocycles. The van der Waals surface area contributed by atoms with E-state index >= 15 is 0 Å². The zero-order valence-corrected chi connectivity index (χ0v) is 16.9. The van der Waals surface area contributed by atoms with Gasteiger partial charge >= 0.3 is 0 Å². The van der Waals surface area contributed by atoms with Gasteiger partial charge in [0.05, 0.1) is 18.6 Å². The minimum atomic E-state index is -3.63. The standard InChI is InChI=1S/C19H20N4O5S/c1-23(2)29(25,26)16-9-5-7-14(11-16)19(24)20-12-17-21-18(22-28-17)13-6-4-8-15(10-13)27-3/h4-11H,12H2,1-3H3,(H,20,24). The summed E-state index contributed by atoms with van der Waals surface area (Å²) in [6, 6.07) is 13.0. The fourth-order valence-electron chi connectivity index (χ4n) is 2.47. The summed E-state index contributed by atoms with van der Waals surface area (Å²) in [5, 5.41) is 6.54. The molecule has 0 saturated heterocycles. The van der Waals surface area contributed by atoms with Gasteiger partial charge in [0, 0.05) is 25.2 Å². The van der Waals surface area contributed by atoms with Gasteiger partial charge in [-0.3, -0.25) is 4.79 Å². The van der Waals surface area contributed by atoms with E-state index in [1.807, 2.05) is 6.07 Å². The Morgan fingerprint density at radius 3 is 2.66 bits per heavy atom. The molecule has 0 fully saturated rings. The second-order valence-corrected chi connectivity index (χ2v) is 8.39. The lowest BCUT2D eigenvalue weighted by atomic mass is 10.2. The van der Waals surface area contributed by atoms with E-state index in [-0.39, 0.29) is 22.9 Å². The lowest BCUT2D eigenvalue weighted by Crippen LogP contribution is -2.25. The number of nitrogens with one attached hydrogen (secondary N) is 1. The first-order valence-corrected chi connectivity index (χ1v) is 10.0. The van der Waals surface area contributed by atoms with Crippen molar-refractivity contribution in [2.45, 2.75) is 11.4 Å². The summed E-state index contributed by atoms with van der Waals surface area (Å²) in [4.78, 5) is 16.7. The second kappa shape index (κ2) is 8.41. The Balaban J connectivity index is 1.70. The van der Waals surface area contributed by atoms with Crippen molar-refractivity contribution in [3.8, 4) is 17.1 Å². The van der Waals surface area contributed by atoms with Gasteiger partial charge in [0.2, 0.25) is 21.7 Å². The van der Waals surface area contributed by atoms with Crippen LogP contribution in [0, 0.1) is 0 Å². The molecule has 1 aromatic heterocycles. The highest BCUT2D eigenvalue weighted by molar-refractivity contribution is 7.89. The van der Waals surface area contributed by atoms with Crippen LogP contribution in [-0.4, -0.2) is 50.0 Å². The Kier molecular flexibility index (Phi) is 5.95. The number of methoxy groups -OCH3 is 1. The van der Waals surface area contributed by atoms with Crippen molar-refractivity contribution in [3.63, 3.8) is 0 Å². The number of rotatable bonds is 7. The van der Waals surface area contributed by atoms with Gasteiger partial charge in [0.15, 0.2) is 0 Å². The third-order valence-electron chi connectivity index (χ3n) is 4.07. The Morgan fingerprint density at radius 1 is 1.17 bits per heavy atom. The van der Waals surface area contributed by atoms with Crippen molar-refractivity contribution < 1.29 is 22.5 Å². The smallest absolute Gasteiger partial charge is 0.251 e. The molecule has 3 rings (SSSR count). The van der Waals surface area contributed by atoms with E-state index in [1.54, 1.807) is 25.3 Å². The Morgan fingerprint density at radius 2 is 1.93 bits per heavy atom. The topological polar surface area (TPSA) is 115 Å². The lowest BCUT2D eigenvalue weighted by molar-refractivity contribution is 0.0946. The predicted octanol–water partition coefficient (Wildman–Crippen LogP) is 1.93. The summed E-state index contributed by atoms with van der Waals surface area (Å²) < 4.78 is 35.9. The zero-order chi connectivity index (χ0) is 21.0. The average molecular weight is 416 g/mol. The molecule has 0 atom stereocenters. The van der Waals surface area contributed by atoms with Gasteiger partial charge in [0.1, 0.15) is 5.75 Å². The van der Waals surface area contributed by atoms with Crippen LogP contribution >= 0.6 is 0 Å². The van der Waals surface area contributed by atoms with Gasteiger partial charge in [-0.05, 0) is 30.3 Å². The molecule has 0 aliphatic rings. The minimum Gasteiger partial charge on any atom is -0.497 e. The molecule has 152 valence electrons. The number of carbonyl (C=O) groups excluding carboxylic acids is 1. The van der Waals surface area contributed by atoms with E-state index in [0.717, 1.165) is 4.31 Å². The van der Waals surface area contributed by atoms with Crippen LogP contribution in [0.25, 0.3) is 11.4 Å². The van der Waals surface area contributed by atoms with Gasteiger partial charge in [-0.25, -0.2) is 12.7 Å². The van der Waals surface area contributed by atoms with E-state index in [1.165, 1.54) is 38.4 Å². The van der Waals surface area contributed by atoms with Gasteiger partial charge in [-0.2, -0.15) is 4.98 Å². The van der Waals surface area contributed by atoms with Gasteiger partial charge < -0.3 is 14.6 Å². The van der Waals surface area contributed by atoms with Crippen LogP contribution in [-0.2, 0) is 16.6 Å². The van der Waals surface area contributed by atoms with E-state index < -0.39 is 15.9 Å². The summed E-state index contributed by atoms with van der Waals surface area (Å²) in [7, 11) is 0.790. The normalized spacial score (nSPS) is 11.4. The lowest BCUT2D eigenvalue weighted by Gasteiger charge is -2.12. The largest absolute Gasteiger partial charge is 0.497 e. The first-order valence-electron chi connectivity index (χ1n) is 8.59. The van der Waals surface area contributed by atoms with Crippen LogP contribution < -0.4 is 10.1 Å². The number of ether oxygens (including phenoxy) is 1. The number of hydrogen-bond donors (Lipinski definition) is 1. The molecule has 2 aromatic carbocycles. The number of sulfonamides is 1. The van der Waals surface area contributed by atoms with Crippen LogP contribution in [0.2, 0.25) is 0 Å². The number of nitrogens with zero attached hydrogens (tertiary/aromatic N) is 3. The van der Waals surface area contributed by atoms with E-state index in [0.29, 0.717) is 17.1 Å². The highest BCUT2D eigenvalue weighted by Gasteiger charge is 2.19. The van der Waals surface area contributed by atoms with Crippen LogP contribution in [0.5, 0.6) is 5.75 Å². The quantitative estimate of drug-likeness (QED) is 0.626. The second-order valence-electron chi connectivity index (χ2n) is 6.24. The van der Waals surface area contributed by atoms with Crippen molar-refractivity contribution in [2.24, 2.45) is 0 Å². The molecule has 0 radical (unpaired) electrons. The number of benzene rings is 2. The van der Waals surface area contributed by atoms with Crippen LogP contribution in [0.1, 0.15) is 16.2 Å². The molecule has 0 unspecified atom stereocenters. The molecule has 3 aromatic rings. The Labute approximate surface area is 168 Å². The maximum Gasteiger partial charge on any atom is 0.251 e. The minimum absolute atomic E-state index is 0.000456. The van der Waals surface area contributed by atoms with Crippen LogP contribution in [0.3, 0.4) is 0 Å². The summed E-state index contributed by atoms with van der Waals surface area (Å²) >= 11 is 0. The SMILES string of the molecule is COc1cccc(-c2noc(CNC(=O)c3cccc(S(=O)(=O)N(C)C)c3)n2)c1. The Bertz CT molecular complexity index is 1120. The maximum atomic E-state index is 12.4. The first-order chi connectivity index (χ1) is 13.8. The van der Waals surface area contributed by atoms with Crippen molar-refractivity contribution in [1.82, 2.24) is 19.8 Å². The molecule has 1 amide bonds. The maximum absolute atomic E-state index is 12.4. The fraction of sp³-hybridized carbons (Fsp3) is 0.211. The van der Waals surface area contributed by atoms with Crippen molar-refractivity contribution in [2.75, 3.05) is 21.2 Å². The highest BCUT2D eigenvalue weighted by atomic mass is 32.2. The number of carbonyl (C=O) groups is 1. The number of hydrogen-bond acceptors (Lipinski definition) is 7. The molecule has 29 heavy (non-hydrogen) atoms. The molecule has 0 saturated carbocycles. The van der Waals surface area contributed by atoms with Gasteiger partial charge in [-0.15, -0.1) is 0 Å². The van der Waals surface area contributed by atoms with Gasteiger partial charge in [-0.1, -0.05) is 23.4 Å². The molecule has 10 heteroatoms. The first kappa shape index (κ1) is 20.5. The third-order valence-corrected chi connectivity index (χ3v) is 5.88.